The summed E-state index contributed by atoms with van der Waals surface area (Å²) in [6.07, 6.45) is 1.84. The number of amides is 1. The maximum atomic E-state index is 13.3. The number of ether oxygens (including phenoxy) is 1. The lowest BCUT2D eigenvalue weighted by atomic mass is 10.1. The predicted molar refractivity (Wildman–Crippen MR) is 131 cm³/mol. The Morgan fingerprint density at radius 2 is 1.73 bits per heavy atom. The second-order valence-electron chi connectivity index (χ2n) is 7.24. The largest absolute Gasteiger partial charge is 0.494 e. The van der Waals surface area contributed by atoms with E-state index in [-0.39, 0.29) is 18.0 Å². The minimum atomic E-state index is -0.985. The number of amidine groups is 1. The number of benzene rings is 3. The van der Waals surface area contributed by atoms with E-state index in [0.29, 0.717) is 16.7 Å². The molecule has 1 aliphatic rings. The lowest BCUT2D eigenvalue weighted by molar-refractivity contribution is -0.122. The van der Waals surface area contributed by atoms with Gasteiger partial charge in [0.25, 0.3) is 5.91 Å². The number of aromatic carboxylic acids is 1. The van der Waals surface area contributed by atoms with Crippen molar-refractivity contribution >= 4 is 40.6 Å². The fourth-order valence-electron chi connectivity index (χ4n) is 3.26. The first-order valence-electron chi connectivity index (χ1n) is 10.4. The molecule has 1 heterocycles. The number of carbonyl (C=O) groups is 2. The van der Waals surface area contributed by atoms with Crippen LogP contribution in [-0.2, 0) is 11.3 Å². The molecular weight excluding hydrogens is 436 g/mol. The van der Waals surface area contributed by atoms with E-state index in [1.165, 1.54) is 23.9 Å². The van der Waals surface area contributed by atoms with Crippen LogP contribution in [0.25, 0.3) is 6.08 Å². The molecule has 0 saturated carbocycles. The molecule has 0 aromatic heterocycles. The standard InChI is InChI=1S/C26H22N2O4S/c1-2-32-22-14-10-18(11-15-22)16-23-24(29)28(17-19-8-12-20(13-9-19)25(30)31)26(33-23)27-21-6-4-3-5-7-21/h3-16H,2,17H2,1H3,(H,30,31)/b23-16-,27-26?. The third kappa shape index (κ3) is 5.51. The Hall–Kier alpha value is -3.84. The molecule has 1 aliphatic heterocycles. The number of para-hydroxylation sites is 1. The molecule has 1 fully saturated rings. The molecule has 6 nitrogen and oxygen atoms in total. The van der Waals surface area contributed by atoms with Crippen LogP contribution in [0.2, 0.25) is 0 Å². The minimum absolute atomic E-state index is 0.147. The summed E-state index contributed by atoms with van der Waals surface area (Å²) in [7, 11) is 0. The first-order chi connectivity index (χ1) is 16.0. The zero-order chi connectivity index (χ0) is 23.2. The summed E-state index contributed by atoms with van der Waals surface area (Å²) in [5.74, 6) is -0.352. The van der Waals surface area contributed by atoms with Crippen LogP contribution < -0.4 is 4.74 Å². The first-order valence-corrected chi connectivity index (χ1v) is 11.3. The third-order valence-corrected chi connectivity index (χ3v) is 5.91. The maximum absolute atomic E-state index is 13.3. The van der Waals surface area contributed by atoms with Crippen LogP contribution >= 0.6 is 11.8 Å². The molecule has 0 spiro atoms. The number of aliphatic imine (C=N–C) groups is 1. The highest BCUT2D eigenvalue weighted by atomic mass is 32.2. The van der Waals surface area contributed by atoms with Crippen molar-refractivity contribution < 1.29 is 19.4 Å². The van der Waals surface area contributed by atoms with Gasteiger partial charge < -0.3 is 9.84 Å². The summed E-state index contributed by atoms with van der Waals surface area (Å²) in [5, 5.41) is 9.70. The molecule has 0 bridgehead atoms. The molecule has 1 N–H and O–H groups in total. The minimum Gasteiger partial charge on any atom is -0.494 e. The van der Waals surface area contributed by atoms with Crippen molar-refractivity contribution in [2.45, 2.75) is 13.5 Å². The number of nitrogens with zero attached hydrogens (tertiary/aromatic N) is 2. The summed E-state index contributed by atoms with van der Waals surface area (Å²) >= 11 is 1.32. The Labute approximate surface area is 196 Å². The van der Waals surface area contributed by atoms with Crippen LogP contribution in [-0.4, -0.2) is 33.7 Å². The van der Waals surface area contributed by atoms with E-state index in [9.17, 15) is 9.59 Å². The van der Waals surface area contributed by atoms with Gasteiger partial charge in [-0.15, -0.1) is 0 Å². The van der Waals surface area contributed by atoms with E-state index < -0.39 is 5.97 Å². The average Bonchev–Trinajstić information content (AvgIpc) is 3.10. The van der Waals surface area contributed by atoms with Gasteiger partial charge in [0, 0.05) is 0 Å². The normalized spacial score (nSPS) is 15.9. The highest BCUT2D eigenvalue weighted by molar-refractivity contribution is 8.18. The van der Waals surface area contributed by atoms with E-state index in [1.807, 2.05) is 67.6 Å². The van der Waals surface area contributed by atoms with Gasteiger partial charge in [-0.3, -0.25) is 9.69 Å². The van der Waals surface area contributed by atoms with Gasteiger partial charge in [0.1, 0.15) is 5.75 Å². The Kier molecular flexibility index (Phi) is 6.90. The molecule has 0 atom stereocenters. The molecule has 3 aromatic carbocycles. The molecule has 4 rings (SSSR count). The summed E-state index contributed by atoms with van der Waals surface area (Å²) < 4.78 is 5.49. The third-order valence-electron chi connectivity index (χ3n) is 4.90. The number of hydrogen-bond acceptors (Lipinski definition) is 5. The number of hydrogen-bond donors (Lipinski definition) is 1. The van der Waals surface area contributed by atoms with Crippen LogP contribution in [0.5, 0.6) is 5.75 Å². The molecule has 166 valence electrons. The molecule has 0 unspecified atom stereocenters. The number of rotatable bonds is 7. The molecule has 3 aromatic rings. The Morgan fingerprint density at radius 1 is 1.03 bits per heavy atom. The van der Waals surface area contributed by atoms with Gasteiger partial charge in [-0.05, 0) is 72.3 Å². The SMILES string of the molecule is CCOc1ccc(/C=C2\SC(=Nc3ccccc3)N(Cc3ccc(C(=O)O)cc3)C2=O)cc1. The van der Waals surface area contributed by atoms with E-state index in [4.69, 9.17) is 14.8 Å². The monoisotopic (exact) mass is 458 g/mol. The Morgan fingerprint density at radius 3 is 2.36 bits per heavy atom. The van der Waals surface area contributed by atoms with Crippen molar-refractivity contribution in [3.8, 4) is 5.75 Å². The van der Waals surface area contributed by atoms with E-state index in [1.54, 1.807) is 17.0 Å². The average molecular weight is 459 g/mol. The van der Waals surface area contributed by atoms with Gasteiger partial charge in [-0.1, -0.05) is 42.5 Å². The van der Waals surface area contributed by atoms with Gasteiger partial charge in [0.05, 0.1) is 29.3 Å². The maximum Gasteiger partial charge on any atom is 0.335 e. The molecular formula is C26H22N2O4S. The molecule has 0 radical (unpaired) electrons. The van der Waals surface area contributed by atoms with Crippen molar-refractivity contribution in [3.63, 3.8) is 0 Å². The van der Waals surface area contributed by atoms with Crippen LogP contribution in [0.1, 0.15) is 28.4 Å². The lowest BCUT2D eigenvalue weighted by Crippen LogP contribution is -2.28. The quantitative estimate of drug-likeness (QED) is 0.467. The van der Waals surface area contributed by atoms with Crippen LogP contribution in [0.3, 0.4) is 0 Å². The van der Waals surface area contributed by atoms with Crippen molar-refractivity contribution in [2.75, 3.05) is 6.61 Å². The summed E-state index contributed by atoms with van der Waals surface area (Å²) in [6.45, 7) is 2.82. The summed E-state index contributed by atoms with van der Waals surface area (Å²) in [6, 6.07) is 23.5. The van der Waals surface area contributed by atoms with Gasteiger partial charge in [-0.25, -0.2) is 9.79 Å². The van der Waals surface area contributed by atoms with Gasteiger partial charge in [0.15, 0.2) is 5.17 Å². The number of carboxylic acids is 1. The second kappa shape index (κ2) is 10.2. The van der Waals surface area contributed by atoms with Gasteiger partial charge in [0.2, 0.25) is 0 Å². The van der Waals surface area contributed by atoms with E-state index in [0.717, 1.165) is 22.6 Å². The van der Waals surface area contributed by atoms with Crippen LogP contribution in [0, 0.1) is 0 Å². The van der Waals surface area contributed by atoms with Crippen LogP contribution in [0.4, 0.5) is 5.69 Å². The zero-order valence-electron chi connectivity index (χ0n) is 18.0. The molecule has 0 aliphatic carbocycles. The fraction of sp³-hybridized carbons (Fsp3) is 0.115. The fourth-order valence-corrected chi connectivity index (χ4v) is 4.26. The molecule has 1 saturated heterocycles. The Bertz CT molecular complexity index is 1200. The van der Waals surface area contributed by atoms with Gasteiger partial charge >= 0.3 is 5.97 Å². The topological polar surface area (TPSA) is 79.2 Å². The smallest absolute Gasteiger partial charge is 0.335 e. The first kappa shape index (κ1) is 22.4. The lowest BCUT2D eigenvalue weighted by Gasteiger charge is -2.16. The number of carbonyl (C=O) groups excluding carboxylic acids is 1. The van der Waals surface area contributed by atoms with E-state index >= 15 is 0 Å². The number of carboxylic acid groups (broad SMARTS) is 1. The summed E-state index contributed by atoms with van der Waals surface area (Å²) in [4.78, 5) is 31.3. The molecule has 1 amide bonds. The summed E-state index contributed by atoms with van der Waals surface area (Å²) in [5.41, 5.74) is 2.66. The molecule has 33 heavy (non-hydrogen) atoms. The van der Waals surface area contributed by atoms with Crippen molar-refractivity contribution in [1.29, 1.82) is 0 Å². The zero-order valence-corrected chi connectivity index (χ0v) is 18.8. The van der Waals surface area contributed by atoms with Crippen LogP contribution in [0.15, 0.2) is 88.8 Å². The number of thioether (sulfide) groups is 1. The highest BCUT2D eigenvalue weighted by Crippen LogP contribution is 2.35. The van der Waals surface area contributed by atoms with Crippen molar-refractivity contribution in [2.24, 2.45) is 4.99 Å². The highest BCUT2D eigenvalue weighted by Gasteiger charge is 2.33. The van der Waals surface area contributed by atoms with Crippen molar-refractivity contribution in [3.05, 3.63) is 100 Å². The second-order valence-corrected chi connectivity index (χ2v) is 8.25. The van der Waals surface area contributed by atoms with Crippen molar-refractivity contribution in [1.82, 2.24) is 4.90 Å². The van der Waals surface area contributed by atoms with E-state index in [2.05, 4.69) is 0 Å². The molecule has 7 heteroatoms. The Balaban J connectivity index is 1.63. The van der Waals surface area contributed by atoms with Gasteiger partial charge in [-0.2, -0.15) is 0 Å². The predicted octanol–water partition coefficient (Wildman–Crippen LogP) is 5.59.